The van der Waals surface area contributed by atoms with E-state index in [2.05, 4.69) is 5.32 Å². The number of rotatable bonds is 5. The van der Waals surface area contributed by atoms with E-state index >= 15 is 0 Å². The van der Waals surface area contributed by atoms with E-state index in [1.54, 1.807) is 6.07 Å². The van der Waals surface area contributed by atoms with Gasteiger partial charge in [0, 0.05) is 18.7 Å². The molecule has 17 heavy (non-hydrogen) atoms. The molecule has 1 aromatic rings. The van der Waals surface area contributed by atoms with Crippen molar-refractivity contribution in [2.75, 3.05) is 6.54 Å². The first-order valence-electron chi connectivity index (χ1n) is 4.90. The van der Waals surface area contributed by atoms with Gasteiger partial charge in [-0.2, -0.15) is 5.26 Å². The third kappa shape index (κ3) is 3.73. The normalized spacial score (nSPS) is 12.5. The van der Waals surface area contributed by atoms with Crippen LogP contribution in [-0.2, 0) is 6.54 Å². The number of nitrogens with zero attached hydrogens (tertiary/aromatic N) is 1. The minimum absolute atomic E-state index is 0.0227. The molecule has 0 spiro atoms. The molecule has 1 atom stereocenters. The summed E-state index contributed by atoms with van der Waals surface area (Å²) in [5.41, 5.74) is 0.101. The molecule has 0 bridgehead atoms. The number of benzene rings is 1. The van der Waals surface area contributed by atoms with Crippen LogP contribution in [0, 0.1) is 17.1 Å². The van der Waals surface area contributed by atoms with Gasteiger partial charge in [-0.1, -0.05) is 12.1 Å². The molecule has 0 heterocycles. The number of alkyl halides is 2. The van der Waals surface area contributed by atoms with Crippen LogP contribution in [0.2, 0.25) is 0 Å². The molecule has 92 valence electrons. The summed E-state index contributed by atoms with van der Waals surface area (Å²) in [6.45, 7) is -0.362. The molecule has 0 radical (unpaired) electrons. The molecule has 0 aliphatic rings. The number of aliphatic hydroxyl groups excluding tert-OH is 1. The molecule has 3 nitrogen and oxygen atoms in total. The molecule has 0 aliphatic carbocycles. The Bertz CT molecular complexity index is 418. The fourth-order valence-corrected chi connectivity index (χ4v) is 1.25. The lowest BCUT2D eigenvalue weighted by atomic mass is 10.1. The zero-order valence-electron chi connectivity index (χ0n) is 8.83. The number of nitriles is 1. The number of hydrogen-bond donors (Lipinski definition) is 2. The van der Waals surface area contributed by atoms with E-state index in [0.29, 0.717) is 0 Å². The first-order valence-corrected chi connectivity index (χ1v) is 4.90. The van der Waals surface area contributed by atoms with Crippen molar-refractivity contribution in [3.8, 4) is 6.07 Å². The Morgan fingerprint density at radius 3 is 2.71 bits per heavy atom. The van der Waals surface area contributed by atoms with Gasteiger partial charge in [0.15, 0.2) is 0 Å². The lowest BCUT2D eigenvalue weighted by molar-refractivity contribution is -0.00343. The highest BCUT2D eigenvalue weighted by molar-refractivity contribution is 5.34. The van der Waals surface area contributed by atoms with Crippen LogP contribution in [0.5, 0.6) is 0 Å². The van der Waals surface area contributed by atoms with Crippen molar-refractivity contribution in [3.05, 3.63) is 35.1 Å². The van der Waals surface area contributed by atoms with Crippen LogP contribution in [0.3, 0.4) is 0 Å². The molecule has 1 aromatic carbocycles. The zero-order valence-corrected chi connectivity index (χ0v) is 8.83. The first kappa shape index (κ1) is 13.5. The van der Waals surface area contributed by atoms with E-state index in [-0.39, 0.29) is 24.2 Å². The van der Waals surface area contributed by atoms with Gasteiger partial charge in [0.25, 0.3) is 6.43 Å². The van der Waals surface area contributed by atoms with Crippen LogP contribution in [0.15, 0.2) is 18.2 Å². The van der Waals surface area contributed by atoms with Crippen LogP contribution >= 0.6 is 0 Å². The Kier molecular flexibility index (Phi) is 4.94. The second kappa shape index (κ2) is 6.23. The van der Waals surface area contributed by atoms with Gasteiger partial charge in [-0.25, -0.2) is 13.2 Å². The first-order chi connectivity index (χ1) is 8.06. The van der Waals surface area contributed by atoms with E-state index in [9.17, 15) is 13.2 Å². The van der Waals surface area contributed by atoms with E-state index < -0.39 is 18.3 Å². The fraction of sp³-hybridized carbons (Fsp3) is 0.364. The Morgan fingerprint density at radius 2 is 2.12 bits per heavy atom. The summed E-state index contributed by atoms with van der Waals surface area (Å²) in [7, 11) is 0. The third-order valence-electron chi connectivity index (χ3n) is 2.16. The summed E-state index contributed by atoms with van der Waals surface area (Å²) in [5.74, 6) is -0.672. The standard InChI is InChI=1S/C11H11F3N2O/c12-10-7(4-15)2-1-3-8(10)5-16-6-9(17)11(13)14/h1-3,9,11,16-17H,5-6H2. The molecule has 0 saturated heterocycles. The van der Waals surface area contributed by atoms with Gasteiger partial charge in [0.2, 0.25) is 0 Å². The van der Waals surface area contributed by atoms with Crippen molar-refractivity contribution in [2.45, 2.75) is 19.1 Å². The largest absolute Gasteiger partial charge is 0.386 e. The minimum atomic E-state index is -2.84. The Labute approximate surface area is 96.5 Å². The van der Waals surface area contributed by atoms with Crippen molar-refractivity contribution in [2.24, 2.45) is 0 Å². The van der Waals surface area contributed by atoms with Gasteiger partial charge >= 0.3 is 0 Å². The maximum Gasteiger partial charge on any atom is 0.265 e. The highest BCUT2D eigenvalue weighted by Gasteiger charge is 2.16. The number of aliphatic hydroxyl groups is 1. The fourth-order valence-electron chi connectivity index (χ4n) is 1.25. The molecule has 0 aliphatic heterocycles. The van der Waals surface area contributed by atoms with Crippen molar-refractivity contribution in [1.29, 1.82) is 5.26 Å². The smallest absolute Gasteiger partial charge is 0.265 e. The summed E-state index contributed by atoms with van der Waals surface area (Å²) in [6.07, 6.45) is -4.62. The lowest BCUT2D eigenvalue weighted by Crippen LogP contribution is -2.31. The molecule has 0 aromatic heterocycles. The summed E-state index contributed by atoms with van der Waals surface area (Å²) in [6, 6.07) is 5.95. The monoisotopic (exact) mass is 244 g/mol. The SMILES string of the molecule is N#Cc1cccc(CNCC(O)C(F)F)c1F. The molecule has 1 rings (SSSR count). The van der Waals surface area contributed by atoms with Crippen LogP contribution in [0.25, 0.3) is 0 Å². The molecule has 0 saturated carbocycles. The lowest BCUT2D eigenvalue weighted by Gasteiger charge is -2.11. The van der Waals surface area contributed by atoms with Crippen molar-refractivity contribution in [1.82, 2.24) is 5.32 Å². The van der Waals surface area contributed by atoms with Gasteiger partial charge < -0.3 is 10.4 Å². The second-order valence-electron chi connectivity index (χ2n) is 3.42. The zero-order chi connectivity index (χ0) is 12.8. The number of hydrogen-bond acceptors (Lipinski definition) is 3. The predicted molar refractivity (Wildman–Crippen MR) is 54.8 cm³/mol. The van der Waals surface area contributed by atoms with Crippen LogP contribution in [-0.4, -0.2) is 24.2 Å². The van der Waals surface area contributed by atoms with E-state index in [4.69, 9.17) is 10.4 Å². The summed E-state index contributed by atoms with van der Waals surface area (Å²) >= 11 is 0. The highest BCUT2D eigenvalue weighted by Crippen LogP contribution is 2.11. The average Bonchev–Trinajstić information content (AvgIpc) is 2.31. The molecule has 0 fully saturated rings. The quantitative estimate of drug-likeness (QED) is 0.823. The molecular weight excluding hydrogens is 233 g/mol. The highest BCUT2D eigenvalue weighted by atomic mass is 19.3. The van der Waals surface area contributed by atoms with E-state index in [0.717, 1.165) is 0 Å². The maximum absolute atomic E-state index is 13.5. The average molecular weight is 244 g/mol. The van der Waals surface area contributed by atoms with Crippen molar-refractivity contribution >= 4 is 0 Å². The van der Waals surface area contributed by atoms with Gasteiger partial charge in [0.1, 0.15) is 18.0 Å². The minimum Gasteiger partial charge on any atom is -0.386 e. The van der Waals surface area contributed by atoms with E-state index in [1.807, 2.05) is 0 Å². The predicted octanol–water partition coefficient (Wildman–Crippen LogP) is 1.41. The van der Waals surface area contributed by atoms with Gasteiger partial charge in [0.05, 0.1) is 5.56 Å². The number of halogens is 3. The van der Waals surface area contributed by atoms with Gasteiger partial charge in [-0.3, -0.25) is 0 Å². The third-order valence-corrected chi connectivity index (χ3v) is 2.16. The summed E-state index contributed by atoms with van der Waals surface area (Å²) < 4.78 is 37.4. The van der Waals surface area contributed by atoms with Crippen LogP contribution in [0.4, 0.5) is 13.2 Å². The van der Waals surface area contributed by atoms with Gasteiger partial charge in [-0.15, -0.1) is 0 Å². The van der Waals surface area contributed by atoms with E-state index in [1.165, 1.54) is 18.2 Å². The van der Waals surface area contributed by atoms with Crippen LogP contribution in [0.1, 0.15) is 11.1 Å². The molecular formula is C11H11F3N2O. The Balaban J connectivity index is 2.56. The Hall–Kier alpha value is -1.58. The molecule has 6 heteroatoms. The van der Waals surface area contributed by atoms with Crippen LogP contribution < -0.4 is 5.32 Å². The molecule has 1 unspecified atom stereocenters. The summed E-state index contributed by atoms with van der Waals surface area (Å²) in [5, 5.41) is 19.9. The van der Waals surface area contributed by atoms with Crippen molar-refractivity contribution in [3.63, 3.8) is 0 Å². The Morgan fingerprint density at radius 1 is 1.41 bits per heavy atom. The second-order valence-corrected chi connectivity index (χ2v) is 3.42. The maximum atomic E-state index is 13.5. The van der Waals surface area contributed by atoms with Gasteiger partial charge in [-0.05, 0) is 6.07 Å². The topological polar surface area (TPSA) is 56.0 Å². The van der Waals surface area contributed by atoms with Crippen molar-refractivity contribution < 1.29 is 18.3 Å². The number of nitrogens with one attached hydrogen (secondary N) is 1. The summed E-state index contributed by atoms with van der Waals surface area (Å²) in [4.78, 5) is 0. The molecule has 0 amide bonds. The molecule has 2 N–H and O–H groups in total.